The molecule has 4 amide bonds. The molecule has 0 saturated carbocycles. The predicted octanol–water partition coefficient (Wildman–Crippen LogP) is -3.38. The first-order chi connectivity index (χ1) is 9.79. The quantitative estimate of drug-likeness (QED) is 0.484. The van der Waals surface area contributed by atoms with E-state index in [4.69, 9.17) is 11.5 Å². The number of aliphatic hydroxyl groups excluding tert-OH is 1. The molecular formula is C12H18N4O5. The summed E-state index contributed by atoms with van der Waals surface area (Å²) in [6.45, 7) is -0.234. The fraction of sp³-hybridized carbons (Fsp3) is 0.667. The Labute approximate surface area is 120 Å². The highest BCUT2D eigenvalue weighted by molar-refractivity contribution is 5.89. The van der Waals surface area contributed by atoms with Gasteiger partial charge >= 0.3 is 0 Å². The normalized spacial score (nSPS) is 29.3. The molecule has 2 rings (SSSR count). The number of hydrogen-bond donors (Lipinski definition) is 3. The first-order valence-electron chi connectivity index (χ1n) is 6.60. The predicted molar refractivity (Wildman–Crippen MR) is 69.2 cm³/mol. The minimum absolute atomic E-state index is 0.0208. The number of hydrogen-bond acceptors (Lipinski definition) is 5. The van der Waals surface area contributed by atoms with Gasteiger partial charge in [0.05, 0.1) is 25.1 Å². The lowest BCUT2D eigenvalue weighted by molar-refractivity contribution is -0.136. The summed E-state index contributed by atoms with van der Waals surface area (Å²) in [5.74, 6) is -3.10. The molecule has 0 bridgehead atoms. The Morgan fingerprint density at radius 3 is 2.24 bits per heavy atom. The Bertz CT molecular complexity index is 494. The smallest absolute Gasteiger partial charge is 0.237 e. The minimum Gasteiger partial charge on any atom is -0.390 e. The van der Waals surface area contributed by atoms with E-state index >= 15 is 0 Å². The summed E-state index contributed by atoms with van der Waals surface area (Å²) >= 11 is 0. The zero-order chi connectivity index (χ0) is 15.7. The molecule has 2 aliphatic heterocycles. The molecule has 0 aromatic heterocycles. The van der Waals surface area contributed by atoms with E-state index in [0.29, 0.717) is 0 Å². The largest absolute Gasteiger partial charge is 0.390 e. The Morgan fingerprint density at radius 1 is 1.10 bits per heavy atom. The van der Waals surface area contributed by atoms with E-state index in [0.717, 1.165) is 0 Å². The van der Waals surface area contributed by atoms with Gasteiger partial charge in [0.1, 0.15) is 0 Å². The molecule has 0 radical (unpaired) electrons. The van der Waals surface area contributed by atoms with Gasteiger partial charge in [-0.3, -0.25) is 19.2 Å². The average molecular weight is 298 g/mol. The molecule has 21 heavy (non-hydrogen) atoms. The van der Waals surface area contributed by atoms with Crippen LogP contribution in [0.5, 0.6) is 0 Å². The standard InChI is InChI=1S/C12H18N4O5/c13-8(18)4-15-2-6(1-10(15)20)11-7(17)3-16(12(11)21)5-9(14)19/h6-7,11,17H,1-5H2,(H2,13,18)(H2,14,19). The number of β-amino-alcohol motifs (C(OH)–C–C–N with tert-alkyl or cyclic N) is 1. The van der Waals surface area contributed by atoms with Crippen LogP contribution in [-0.4, -0.2) is 70.8 Å². The van der Waals surface area contributed by atoms with Crippen LogP contribution in [0.4, 0.5) is 0 Å². The van der Waals surface area contributed by atoms with Crippen molar-refractivity contribution < 1.29 is 24.3 Å². The fourth-order valence-corrected chi connectivity index (χ4v) is 3.04. The van der Waals surface area contributed by atoms with Gasteiger partial charge in [-0.2, -0.15) is 0 Å². The molecule has 0 aromatic carbocycles. The summed E-state index contributed by atoms with van der Waals surface area (Å²) in [6.07, 6.45) is -0.881. The van der Waals surface area contributed by atoms with Crippen molar-refractivity contribution in [2.75, 3.05) is 26.2 Å². The Kier molecular flexibility index (Phi) is 4.12. The highest BCUT2D eigenvalue weighted by Crippen LogP contribution is 2.32. The Hall–Kier alpha value is -2.16. The van der Waals surface area contributed by atoms with E-state index in [1.165, 1.54) is 9.80 Å². The number of rotatable bonds is 5. The number of likely N-dealkylation sites (tertiary alicyclic amines) is 2. The Morgan fingerprint density at radius 2 is 1.67 bits per heavy atom. The maximum atomic E-state index is 12.2. The van der Waals surface area contributed by atoms with Crippen molar-refractivity contribution in [3.05, 3.63) is 0 Å². The van der Waals surface area contributed by atoms with Crippen LogP contribution >= 0.6 is 0 Å². The fourth-order valence-electron chi connectivity index (χ4n) is 3.04. The van der Waals surface area contributed by atoms with Crippen molar-refractivity contribution in [1.29, 1.82) is 0 Å². The maximum absolute atomic E-state index is 12.2. The van der Waals surface area contributed by atoms with E-state index in [-0.39, 0.29) is 44.4 Å². The second-order valence-corrected chi connectivity index (χ2v) is 5.48. The first kappa shape index (κ1) is 15.2. The van der Waals surface area contributed by atoms with Gasteiger partial charge in [0.25, 0.3) is 0 Å². The molecule has 9 nitrogen and oxygen atoms in total. The highest BCUT2D eigenvalue weighted by Gasteiger charge is 2.48. The molecule has 2 aliphatic rings. The summed E-state index contributed by atoms with van der Waals surface area (Å²) in [5, 5.41) is 10.0. The van der Waals surface area contributed by atoms with Gasteiger partial charge in [0.2, 0.25) is 23.6 Å². The van der Waals surface area contributed by atoms with E-state index in [1.54, 1.807) is 0 Å². The number of nitrogens with zero attached hydrogens (tertiary/aromatic N) is 2. The second-order valence-electron chi connectivity index (χ2n) is 5.48. The van der Waals surface area contributed by atoms with Crippen molar-refractivity contribution in [3.8, 4) is 0 Å². The second kappa shape index (κ2) is 5.68. The van der Waals surface area contributed by atoms with Crippen LogP contribution in [0.15, 0.2) is 0 Å². The molecule has 2 heterocycles. The summed E-state index contributed by atoms with van der Waals surface area (Å²) in [6, 6.07) is 0. The summed E-state index contributed by atoms with van der Waals surface area (Å²) < 4.78 is 0. The van der Waals surface area contributed by atoms with Gasteiger partial charge in [0.15, 0.2) is 0 Å². The molecule has 3 atom stereocenters. The lowest BCUT2D eigenvalue weighted by Gasteiger charge is -2.20. The molecular weight excluding hydrogens is 280 g/mol. The SMILES string of the molecule is NC(=O)CN1CC(C2C(=O)N(CC(N)=O)CC2O)CC1=O. The van der Waals surface area contributed by atoms with Crippen LogP contribution in [0.3, 0.4) is 0 Å². The van der Waals surface area contributed by atoms with E-state index in [9.17, 15) is 24.3 Å². The molecule has 0 aliphatic carbocycles. The number of carbonyl (C=O) groups excluding carboxylic acids is 4. The van der Waals surface area contributed by atoms with Gasteiger partial charge in [-0.25, -0.2) is 0 Å². The van der Waals surface area contributed by atoms with Crippen LogP contribution in [0.25, 0.3) is 0 Å². The third-order valence-corrected chi connectivity index (χ3v) is 3.86. The van der Waals surface area contributed by atoms with Gasteiger partial charge in [0, 0.05) is 19.5 Å². The van der Waals surface area contributed by atoms with Crippen LogP contribution in [-0.2, 0) is 19.2 Å². The summed E-state index contributed by atoms with van der Waals surface area (Å²) in [4.78, 5) is 48.2. The van der Waals surface area contributed by atoms with Gasteiger partial charge in [-0.1, -0.05) is 0 Å². The molecule has 0 spiro atoms. The third kappa shape index (κ3) is 3.13. The topological polar surface area (TPSA) is 147 Å². The molecule has 9 heteroatoms. The van der Waals surface area contributed by atoms with Crippen molar-refractivity contribution in [2.24, 2.45) is 23.3 Å². The van der Waals surface area contributed by atoms with Gasteiger partial charge in [-0.15, -0.1) is 0 Å². The Balaban J connectivity index is 2.05. The monoisotopic (exact) mass is 298 g/mol. The zero-order valence-electron chi connectivity index (χ0n) is 11.4. The molecule has 2 fully saturated rings. The molecule has 0 aromatic rings. The molecule has 5 N–H and O–H groups in total. The molecule has 116 valence electrons. The van der Waals surface area contributed by atoms with E-state index in [2.05, 4.69) is 0 Å². The van der Waals surface area contributed by atoms with E-state index in [1.807, 2.05) is 0 Å². The lowest BCUT2D eigenvalue weighted by atomic mass is 9.88. The van der Waals surface area contributed by atoms with Crippen molar-refractivity contribution in [2.45, 2.75) is 12.5 Å². The number of aliphatic hydroxyl groups is 1. The number of primary amides is 2. The van der Waals surface area contributed by atoms with Crippen LogP contribution in [0.1, 0.15) is 6.42 Å². The van der Waals surface area contributed by atoms with Crippen LogP contribution in [0, 0.1) is 11.8 Å². The highest BCUT2D eigenvalue weighted by atomic mass is 16.3. The maximum Gasteiger partial charge on any atom is 0.237 e. The number of amides is 4. The van der Waals surface area contributed by atoms with Gasteiger partial charge < -0.3 is 26.4 Å². The summed E-state index contributed by atoms with van der Waals surface area (Å²) in [7, 11) is 0. The first-order valence-corrected chi connectivity index (χ1v) is 6.60. The van der Waals surface area contributed by atoms with E-state index < -0.39 is 29.8 Å². The average Bonchev–Trinajstić information content (AvgIpc) is 2.80. The van der Waals surface area contributed by atoms with Crippen molar-refractivity contribution in [1.82, 2.24) is 9.80 Å². The van der Waals surface area contributed by atoms with Crippen LogP contribution in [0.2, 0.25) is 0 Å². The van der Waals surface area contributed by atoms with Crippen molar-refractivity contribution in [3.63, 3.8) is 0 Å². The summed E-state index contributed by atoms with van der Waals surface area (Å²) in [5.41, 5.74) is 10.1. The zero-order valence-corrected chi connectivity index (χ0v) is 11.4. The number of nitrogens with two attached hydrogens (primary N) is 2. The van der Waals surface area contributed by atoms with Crippen molar-refractivity contribution >= 4 is 23.6 Å². The molecule has 2 saturated heterocycles. The molecule has 3 unspecified atom stereocenters. The third-order valence-electron chi connectivity index (χ3n) is 3.86. The van der Waals surface area contributed by atoms with Crippen LogP contribution < -0.4 is 11.5 Å². The minimum atomic E-state index is -0.955. The number of carbonyl (C=O) groups is 4. The lowest BCUT2D eigenvalue weighted by Crippen LogP contribution is -2.38. The van der Waals surface area contributed by atoms with Gasteiger partial charge in [-0.05, 0) is 5.92 Å².